The van der Waals surface area contributed by atoms with Gasteiger partial charge in [-0.1, -0.05) is 6.92 Å². The Morgan fingerprint density at radius 1 is 1.47 bits per heavy atom. The van der Waals surface area contributed by atoms with Gasteiger partial charge in [0.25, 0.3) is 0 Å². The third-order valence-electron chi connectivity index (χ3n) is 2.68. The normalized spacial score (nSPS) is 28.9. The molecule has 0 radical (unpaired) electrons. The van der Waals surface area contributed by atoms with Gasteiger partial charge in [0.1, 0.15) is 0 Å². The maximum atomic E-state index is 12.0. The van der Waals surface area contributed by atoms with Crippen molar-refractivity contribution in [2.24, 2.45) is 5.92 Å². The number of carbonyl (C=O) groups excluding carboxylic acids is 1. The van der Waals surface area contributed by atoms with Gasteiger partial charge in [0, 0.05) is 12.6 Å². The van der Waals surface area contributed by atoms with Crippen LogP contribution >= 0.6 is 0 Å². The van der Waals surface area contributed by atoms with Gasteiger partial charge in [-0.2, -0.15) is 13.2 Å². The molecule has 0 unspecified atom stereocenters. The van der Waals surface area contributed by atoms with Gasteiger partial charge >= 0.3 is 12.1 Å². The molecule has 0 bridgehead atoms. The molecular formula is C9H15F3N2O. The fourth-order valence-electron chi connectivity index (χ4n) is 1.82. The van der Waals surface area contributed by atoms with Crippen LogP contribution in [0.1, 0.15) is 13.3 Å². The summed E-state index contributed by atoms with van der Waals surface area (Å²) in [5, 5.41) is 2.04. The lowest BCUT2D eigenvalue weighted by atomic mass is 9.94. The Bertz CT molecular complexity index is 242. The van der Waals surface area contributed by atoms with Crippen LogP contribution in [0.2, 0.25) is 0 Å². The van der Waals surface area contributed by atoms with E-state index >= 15 is 0 Å². The molecule has 1 aliphatic heterocycles. The minimum Gasteiger partial charge on any atom is -0.345 e. The van der Waals surface area contributed by atoms with Crippen molar-refractivity contribution in [1.29, 1.82) is 0 Å². The first-order valence-corrected chi connectivity index (χ1v) is 4.87. The Balaban J connectivity index is 2.49. The molecule has 1 fully saturated rings. The number of alkyl halides is 3. The number of likely N-dealkylation sites (tertiary alicyclic amines) is 1. The highest BCUT2D eigenvalue weighted by atomic mass is 19.4. The molecule has 0 spiro atoms. The largest absolute Gasteiger partial charge is 0.471 e. The first-order valence-electron chi connectivity index (χ1n) is 4.87. The van der Waals surface area contributed by atoms with E-state index in [2.05, 4.69) is 0 Å². The van der Waals surface area contributed by atoms with Gasteiger partial charge in [0.05, 0.1) is 0 Å². The van der Waals surface area contributed by atoms with Gasteiger partial charge < -0.3 is 10.2 Å². The summed E-state index contributed by atoms with van der Waals surface area (Å²) in [5.74, 6) is -1.78. The zero-order valence-corrected chi connectivity index (χ0v) is 8.77. The Kier molecular flexibility index (Phi) is 3.59. The van der Waals surface area contributed by atoms with Crippen molar-refractivity contribution >= 4 is 5.91 Å². The standard InChI is InChI=1S/C9H15F3N2O/c1-6-5-14(2)4-3-7(6)13-8(15)9(10,11)12/h6-7H,3-5H2,1-2H3,(H,13,15)/t6-,7+/m0/s1. The molecule has 88 valence electrons. The summed E-state index contributed by atoms with van der Waals surface area (Å²) in [4.78, 5) is 12.8. The van der Waals surface area contributed by atoms with Crippen LogP contribution < -0.4 is 5.32 Å². The van der Waals surface area contributed by atoms with Crippen molar-refractivity contribution in [3.63, 3.8) is 0 Å². The summed E-state index contributed by atoms with van der Waals surface area (Å²) >= 11 is 0. The highest BCUT2D eigenvalue weighted by Crippen LogP contribution is 2.19. The van der Waals surface area contributed by atoms with Crippen LogP contribution in [-0.4, -0.2) is 43.2 Å². The Morgan fingerprint density at radius 3 is 2.53 bits per heavy atom. The minimum absolute atomic E-state index is 0.0510. The van der Waals surface area contributed by atoms with E-state index in [0.29, 0.717) is 19.5 Å². The molecule has 1 rings (SSSR count). The Hall–Kier alpha value is -0.780. The average Bonchev–Trinajstić information content (AvgIpc) is 2.08. The number of amides is 1. The average molecular weight is 224 g/mol. The molecule has 3 nitrogen and oxygen atoms in total. The molecule has 0 aromatic heterocycles. The summed E-state index contributed by atoms with van der Waals surface area (Å²) in [6.07, 6.45) is -4.21. The first kappa shape index (κ1) is 12.3. The third kappa shape index (κ3) is 3.37. The molecule has 0 aromatic carbocycles. The van der Waals surface area contributed by atoms with Crippen molar-refractivity contribution in [1.82, 2.24) is 10.2 Å². The van der Waals surface area contributed by atoms with Crippen LogP contribution in [0.5, 0.6) is 0 Å². The zero-order valence-electron chi connectivity index (χ0n) is 8.77. The number of halogens is 3. The number of nitrogens with one attached hydrogen (secondary N) is 1. The summed E-state index contributed by atoms with van der Waals surface area (Å²) in [7, 11) is 1.91. The predicted octanol–water partition coefficient (Wildman–Crippen LogP) is 1.01. The third-order valence-corrected chi connectivity index (χ3v) is 2.68. The summed E-state index contributed by atoms with van der Waals surface area (Å²) < 4.78 is 36.0. The summed E-state index contributed by atoms with van der Waals surface area (Å²) in [5.41, 5.74) is 0. The summed E-state index contributed by atoms with van der Waals surface area (Å²) in [6.45, 7) is 3.27. The van der Waals surface area contributed by atoms with Crippen LogP contribution in [0.15, 0.2) is 0 Å². The van der Waals surface area contributed by atoms with Gasteiger partial charge in [-0.3, -0.25) is 4.79 Å². The Morgan fingerprint density at radius 2 is 2.07 bits per heavy atom. The SMILES string of the molecule is C[C@H]1CN(C)CC[C@H]1NC(=O)C(F)(F)F. The molecule has 0 aromatic rings. The van der Waals surface area contributed by atoms with E-state index in [9.17, 15) is 18.0 Å². The van der Waals surface area contributed by atoms with E-state index in [4.69, 9.17) is 0 Å². The summed E-state index contributed by atoms with van der Waals surface area (Å²) in [6, 6.07) is -0.365. The van der Waals surface area contributed by atoms with E-state index in [1.807, 2.05) is 24.2 Å². The second kappa shape index (κ2) is 4.38. The second-order valence-electron chi connectivity index (χ2n) is 4.11. The zero-order chi connectivity index (χ0) is 11.6. The van der Waals surface area contributed by atoms with Gasteiger partial charge in [-0.25, -0.2) is 0 Å². The number of rotatable bonds is 1. The molecular weight excluding hydrogens is 209 g/mol. The maximum absolute atomic E-state index is 12.0. The van der Waals surface area contributed by atoms with Crippen molar-refractivity contribution in [2.45, 2.75) is 25.6 Å². The van der Waals surface area contributed by atoms with Crippen molar-refractivity contribution in [3.05, 3.63) is 0 Å². The molecule has 2 atom stereocenters. The fourth-order valence-corrected chi connectivity index (χ4v) is 1.82. The molecule has 1 amide bonds. The molecule has 1 aliphatic rings. The minimum atomic E-state index is -4.77. The molecule has 0 aliphatic carbocycles. The van der Waals surface area contributed by atoms with E-state index in [0.717, 1.165) is 0 Å². The molecule has 15 heavy (non-hydrogen) atoms. The second-order valence-corrected chi connectivity index (χ2v) is 4.11. The topological polar surface area (TPSA) is 32.3 Å². The molecule has 6 heteroatoms. The number of hydrogen-bond donors (Lipinski definition) is 1. The maximum Gasteiger partial charge on any atom is 0.471 e. The van der Waals surface area contributed by atoms with Crippen LogP contribution in [0.4, 0.5) is 13.2 Å². The number of piperidine rings is 1. The van der Waals surface area contributed by atoms with Crippen LogP contribution in [0.3, 0.4) is 0 Å². The quantitative estimate of drug-likeness (QED) is 0.720. The molecule has 1 N–H and O–H groups in total. The molecule has 1 heterocycles. The van der Waals surface area contributed by atoms with Crippen LogP contribution in [0.25, 0.3) is 0 Å². The van der Waals surface area contributed by atoms with Gasteiger partial charge in [-0.15, -0.1) is 0 Å². The molecule has 0 saturated carbocycles. The van der Waals surface area contributed by atoms with E-state index in [1.54, 1.807) is 0 Å². The van der Waals surface area contributed by atoms with Gasteiger partial charge in [0.15, 0.2) is 0 Å². The van der Waals surface area contributed by atoms with Crippen LogP contribution in [-0.2, 0) is 4.79 Å². The highest BCUT2D eigenvalue weighted by molar-refractivity contribution is 5.81. The van der Waals surface area contributed by atoms with Gasteiger partial charge in [0.2, 0.25) is 0 Å². The number of carbonyl (C=O) groups is 1. The van der Waals surface area contributed by atoms with Gasteiger partial charge in [-0.05, 0) is 25.9 Å². The molecule has 1 saturated heterocycles. The smallest absolute Gasteiger partial charge is 0.345 e. The highest BCUT2D eigenvalue weighted by Gasteiger charge is 2.40. The van der Waals surface area contributed by atoms with E-state index < -0.39 is 12.1 Å². The lowest BCUT2D eigenvalue weighted by Gasteiger charge is -2.35. The van der Waals surface area contributed by atoms with Crippen molar-refractivity contribution < 1.29 is 18.0 Å². The van der Waals surface area contributed by atoms with Crippen molar-refractivity contribution in [3.8, 4) is 0 Å². The first-order chi connectivity index (χ1) is 6.80. The monoisotopic (exact) mass is 224 g/mol. The van der Waals surface area contributed by atoms with Crippen LogP contribution in [0, 0.1) is 5.92 Å². The van der Waals surface area contributed by atoms with E-state index in [1.165, 1.54) is 0 Å². The van der Waals surface area contributed by atoms with E-state index in [-0.39, 0.29) is 12.0 Å². The number of nitrogens with zero attached hydrogens (tertiary/aromatic N) is 1. The Labute approximate surface area is 86.6 Å². The lowest BCUT2D eigenvalue weighted by molar-refractivity contribution is -0.175. The van der Waals surface area contributed by atoms with Crippen molar-refractivity contribution in [2.75, 3.05) is 20.1 Å². The fraction of sp³-hybridized carbons (Fsp3) is 0.889. The number of hydrogen-bond acceptors (Lipinski definition) is 2. The lowest BCUT2D eigenvalue weighted by Crippen LogP contribution is -2.51. The predicted molar refractivity (Wildman–Crippen MR) is 49.3 cm³/mol.